The average Bonchev–Trinajstić information content (AvgIpc) is 2.49. The quantitative estimate of drug-likeness (QED) is 0.850. The molecule has 1 atom stereocenters. The highest BCUT2D eigenvalue weighted by Crippen LogP contribution is 2.14. The first-order valence-electron chi connectivity index (χ1n) is 7.22. The smallest absolute Gasteiger partial charge is 0.124 e. The fourth-order valence-corrected chi connectivity index (χ4v) is 2.73. The number of hydrogen-bond donors (Lipinski definition) is 0. The van der Waals surface area contributed by atoms with Gasteiger partial charge in [-0.05, 0) is 30.2 Å². The van der Waals surface area contributed by atoms with Gasteiger partial charge in [0.15, 0.2) is 0 Å². The van der Waals surface area contributed by atoms with E-state index in [2.05, 4.69) is 15.9 Å². The van der Waals surface area contributed by atoms with Gasteiger partial charge in [0.25, 0.3) is 0 Å². The Morgan fingerprint density at radius 2 is 1.90 bits per heavy atom. The maximum absolute atomic E-state index is 13.4. The van der Waals surface area contributed by atoms with Crippen molar-refractivity contribution in [2.45, 2.75) is 25.9 Å². The molecule has 1 aromatic rings. The molecule has 2 rings (SSSR count). The van der Waals surface area contributed by atoms with Crippen LogP contribution in [0.2, 0.25) is 0 Å². The highest BCUT2D eigenvalue weighted by atomic mass is 19.1. The zero-order valence-corrected chi connectivity index (χ0v) is 12.2. The molecule has 0 aromatic heterocycles. The van der Waals surface area contributed by atoms with Crippen molar-refractivity contribution in [2.24, 2.45) is 0 Å². The van der Waals surface area contributed by atoms with Crippen LogP contribution in [-0.4, -0.2) is 42.0 Å². The van der Waals surface area contributed by atoms with Gasteiger partial charge in [-0.2, -0.15) is 10.5 Å². The van der Waals surface area contributed by atoms with Gasteiger partial charge < -0.3 is 0 Å². The zero-order chi connectivity index (χ0) is 15.2. The summed E-state index contributed by atoms with van der Waals surface area (Å²) in [5.74, 6) is -0.363. The highest BCUT2D eigenvalue weighted by Gasteiger charge is 2.22. The van der Waals surface area contributed by atoms with Crippen LogP contribution in [0.25, 0.3) is 0 Å². The van der Waals surface area contributed by atoms with E-state index in [-0.39, 0.29) is 11.9 Å². The van der Waals surface area contributed by atoms with Crippen LogP contribution in [0.5, 0.6) is 0 Å². The van der Waals surface area contributed by atoms with Crippen molar-refractivity contribution in [3.63, 3.8) is 0 Å². The number of rotatable bonds is 4. The van der Waals surface area contributed by atoms with Gasteiger partial charge in [0.2, 0.25) is 0 Å². The monoisotopic (exact) mass is 286 g/mol. The zero-order valence-electron chi connectivity index (χ0n) is 12.2. The second kappa shape index (κ2) is 7.17. The Kier molecular flexibility index (Phi) is 5.27. The summed E-state index contributed by atoms with van der Waals surface area (Å²) >= 11 is 0. The molecule has 0 radical (unpaired) electrons. The molecule has 1 heterocycles. The van der Waals surface area contributed by atoms with E-state index in [1.54, 1.807) is 6.07 Å². The lowest BCUT2D eigenvalue weighted by Gasteiger charge is -2.36. The Hall–Kier alpha value is -1.95. The van der Waals surface area contributed by atoms with E-state index in [1.807, 2.05) is 13.0 Å². The number of halogens is 1. The molecule has 0 bridgehead atoms. The van der Waals surface area contributed by atoms with Gasteiger partial charge in [0, 0.05) is 32.7 Å². The van der Waals surface area contributed by atoms with Crippen molar-refractivity contribution >= 4 is 0 Å². The fourth-order valence-electron chi connectivity index (χ4n) is 2.73. The van der Waals surface area contributed by atoms with Crippen LogP contribution < -0.4 is 0 Å². The van der Waals surface area contributed by atoms with Crippen LogP contribution in [0, 0.1) is 28.5 Å². The summed E-state index contributed by atoms with van der Waals surface area (Å²) in [4.78, 5) is 4.43. The minimum atomic E-state index is -0.363. The summed E-state index contributed by atoms with van der Waals surface area (Å²) in [6, 6.07) is 8.77. The SMILES string of the molecule is CCC(C#N)N1CCN(Cc2cc(F)cc(C#N)c2)CC1. The standard InChI is InChI=1S/C16H19FN4/c1-2-16(11-19)21-5-3-20(4-6-21)12-14-7-13(10-18)8-15(17)9-14/h7-9,16H,2-6,12H2,1H3. The lowest BCUT2D eigenvalue weighted by atomic mass is 10.1. The van der Waals surface area contributed by atoms with Gasteiger partial charge in [-0.3, -0.25) is 9.80 Å². The number of benzene rings is 1. The Morgan fingerprint density at radius 1 is 1.19 bits per heavy atom. The Labute approximate surface area is 125 Å². The predicted octanol–water partition coefficient (Wildman–Crippen LogP) is 2.12. The molecular formula is C16H19FN4. The Bertz CT molecular complexity index is 565. The van der Waals surface area contributed by atoms with Crippen molar-refractivity contribution in [3.8, 4) is 12.1 Å². The lowest BCUT2D eigenvalue weighted by Crippen LogP contribution is -2.49. The molecule has 0 amide bonds. The summed E-state index contributed by atoms with van der Waals surface area (Å²) in [6.45, 7) is 6.09. The molecule has 1 aromatic carbocycles. The summed E-state index contributed by atoms with van der Waals surface area (Å²) in [5.41, 5.74) is 1.19. The van der Waals surface area contributed by atoms with Crippen LogP contribution in [-0.2, 0) is 6.54 Å². The molecule has 0 spiro atoms. The molecule has 0 N–H and O–H groups in total. The highest BCUT2D eigenvalue weighted by molar-refractivity contribution is 5.33. The van der Waals surface area contributed by atoms with Crippen LogP contribution in [0.1, 0.15) is 24.5 Å². The topological polar surface area (TPSA) is 54.1 Å². The van der Waals surface area contributed by atoms with Crippen LogP contribution in [0.15, 0.2) is 18.2 Å². The first kappa shape index (κ1) is 15.4. The molecule has 5 heteroatoms. The summed E-state index contributed by atoms with van der Waals surface area (Å²) in [5, 5.41) is 18.0. The van der Waals surface area contributed by atoms with Crippen molar-refractivity contribution in [1.82, 2.24) is 9.80 Å². The number of hydrogen-bond acceptors (Lipinski definition) is 4. The van der Waals surface area contributed by atoms with E-state index in [0.717, 1.165) is 38.2 Å². The summed E-state index contributed by atoms with van der Waals surface area (Å²) < 4.78 is 13.4. The van der Waals surface area contributed by atoms with E-state index < -0.39 is 0 Å². The lowest BCUT2D eigenvalue weighted by molar-refractivity contribution is 0.108. The molecule has 0 saturated carbocycles. The number of piperazine rings is 1. The van der Waals surface area contributed by atoms with Gasteiger partial charge in [-0.1, -0.05) is 6.92 Å². The molecule has 1 unspecified atom stereocenters. The Morgan fingerprint density at radius 3 is 2.48 bits per heavy atom. The van der Waals surface area contributed by atoms with E-state index in [0.29, 0.717) is 12.1 Å². The Balaban J connectivity index is 1.94. The summed E-state index contributed by atoms with van der Waals surface area (Å²) in [6.07, 6.45) is 0.839. The average molecular weight is 286 g/mol. The molecule has 1 aliphatic heterocycles. The van der Waals surface area contributed by atoms with E-state index >= 15 is 0 Å². The van der Waals surface area contributed by atoms with E-state index in [4.69, 9.17) is 10.5 Å². The predicted molar refractivity (Wildman–Crippen MR) is 77.7 cm³/mol. The first-order chi connectivity index (χ1) is 10.2. The van der Waals surface area contributed by atoms with Crippen molar-refractivity contribution < 1.29 is 4.39 Å². The van der Waals surface area contributed by atoms with Crippen molar-refractivity contribution in [2.75, 3.05) is 26.2 Å². The largest absolute Gasteiger partial charge is 0.297 e. The first-order valence-corrected chi connectivity index (χ1v) is 7.22. The van der Waals surface area contributed by atoms with Gasteiger partial charge in [-0.25, -0.2) is 4.39 Å². The van der Waals surface area contributed by atoms with Crippen LogP contribution in [0.4, 0.5) is 4.39 Å². The molecule has 110 valence electrons. The van der Waals surface area contributed by atoms with Crippen LogP contribution in [0.3, 0.4) is 0 Å². The van der Waals surface area contributed by atoms with Gasteiger partial charge in [0.05, 0.1) is 23.7 Å². The van der Waals surface area contributed by atoms with Crippen molar-refractivity contribution in [3.05, 3.63) is 35.1 Å². The molecule has 1 saturated heterocycles. The third-order valence-electron chi connectivity index (χ3n) is 3.88. The fraction of sp³-hybridized carbons (Fsp3) is 0.500. The molecule has 1 fully saturated rings. The van der Waals surface area contributed by atoms with Crippen LogP contribution >= 0.6 is 0 Å². The van der Waals surface area contributed by atoms with Gasteiger partial charge >= 0.3 is 0 Å². The van der Waals surface area contributed by atoms with Crippen molar-refractivity contribution in [1.29, 1.82) is 10.5 Å². The number of nitriles is 2. The second-order valence-electron chi connectivity index (χ2n) is 5.33. The normalized spacial score (nSPS) is 17.9. The third kappa shape index (κ3) is 4.01. The maximum Gasteiger partial charge on any atom is 0.124 e. The third-order valence-corrected chi connectivity index (χ3v) is 3.88. The molecular weight excluding hydrogens is 267 g/mol. The minimum Gasteiger partial charge on any atom is -0.297 e. The van der Waals surface area contributed by atoms with Gasteiger partial charge in [-0.15, -0.1) is 0 Å². The molecule has 4 nitrogen and oxygen atoms in total. The van der Waals surface area contributed by atoms with Gasteiger partial charge in [0.1, 0.15) is 5.82 Å². The van der Waals surface area contributed by atoms with E-state index in [9.17, 15) is 4.39 Å². The minimum absolute atomic E-state index is 0.00786. The number of nitrogens with zero attached hydrogens (tertiary/aromatic N) is 4. The second-order valence-corrected chi connectivity index (χ2v) is 5.33. The molecule has 1 aliphatic rings. The molecule has 0 aliphatic carbocycles. The molecule has 21 heavy (non-hydrogen) atoms. The maximum atomic E-state index is 13.4. The van der Waals surface area contributed by atoms with E-state index in [1.165, 1.54) is 12.1 Å². The summed E-state index contributed by atoms with van der Waals surface area (Å²) in [7, 11) is 0.